The van der Waals surface area contributed by atoms with Gasteiger partial charge in [0.25, 0.3) is 10.1 Å². The van der Waals surface area contributed by atoms with Gasteiger partial charge in [-0.1, -0.05) is 0 Å². The molecule has 0 aromatic rings. The summed E-state index contributed by atoms with van der Waals surface area (Å²) in [7, 11) is -4.06. The summed E-state index contributed by atoms with van der Waals surface area (Å²) < 4.78 is 34.4. The Morgan fingerprint density at radius 1 is 1.16 bits per heavy atom. The summed E-state index contributed by atoms with van der Waals surface area (Å²) in [5, 5.41) is 40.4. The van der Waals surface area contributed by atoms with Gasteiger partial charge in [-0.3, -0.25) is 4.55 Å². The standard InChI is InChI=1S/C9H19NO8S/c11-4-5-7(12)8(13)6(9(14)18-5)10-2-1-3-19(15,16)17/h5-14H,1-4H2,(H,15,16,17). The van der Waals surface area contributed by atoms with Crippen LogP contribution in [0.1, 0.15) is 6.42 Å². The van der Waals surface area contributed by atoms with Crippen molar-refractivity contribution in [2.45, 2.75) is 37.1 Å². The second-order valence-electron chi connectivity index (χ2n) is 4.35. The third-order valence-electron chi connectivity index (χ3n) is 2.86. The number of ether oxygens (including phenoxy) is 1. The Hall–Kier alpha value is -0.330. The third kappa shape index (κ3) is 4.93. The van der Waals surface area contributed by atoms with Gasteiger partial charge in [0.1, 0.15) is 18.3 Å². The molecule has 0 amide bonds. The van der Waals surface area contributed by atoms with Gasteiger partial charge in [-0.05, 0) is 13.0 Å². The molecule has 114 valence electrons. The Morgan fingerprint density at radius 3 is 2.32 bits per heavy atom. The van der Waals surface area contributed by atoms with E-state index in [1.165, 1.54) is 0 Å². The van der Waals surface area contributed by atoms with E-state index in [1.807, 2.05) is 0 Å². The molecule has 1 aliphatic heterocycles. The predicted octanol–water partition coefficient (Wildman–Crippen LogP) is -3.35. The minimum absolute atomic E-state index is 0.0638. The molecule has 1 aliphatic rings. The summed E-state index contributed by atoms with van der Waals surface area (Å²) >= 11 is 0. The van der Waals surface area contributed by atoms with Crippen molar-refractivity contribution in [3.63, 3.8) is 0 Å². The van der Waals surface area contributed by atoms with Gasteiger partial charge < -0.3 is 30.5 Å². The van der Waals surface area contributed by atoms with E-state index in [1.54, 1.807) is 0 Å². The SMILES string of the molecule is O=S(=O)(O)CCCNC1C(O)OC(CO)C(O)C1O. The number of hydrogen-bond acceptors (Lipinski definition) is 8. The highest BCUT2D eigenvalue weighted by atomic mass is 32.2. The largest absolute Gasteiger partial charge is 0.394 e. The highest BCUT2D eigenvalue weighted by Crippen LogP contribution is 2.19. The van der Waals surface area contributed by atoms with Crippen LogP contribution in [0.2, 0.25) is 0 Å². The maximum absolute atomic E-state index is 10.5. The Kier molecular flexibility index (Phi) is 6.08. The molecule has 0 aromatic heterocycles. The summed E-state index contributed by atoms with van der Waals surface area (Å²) in [6.07, 6.45) is -5.20. The van der Waals surface area contributed by atoms with Crippen LogP contribution >= 0.6 is 0 Å². The lowest BCUT2D eigenvalue weighted by atomic mass is 9.97. The van der Waals surface area contributed by atoms with E-state index in [-0.39, 0.29) is 13.0 Å². The molecule has 6 N–H and O–H groups in total. The number of hydrogen-bond donors (Lipinski definition) is 6. The molecule has 1 fully saturated rings. The minimum Gasteiger partial charge on any atom is -0.394 e. The predicted molar refractivity (Wildman–Crippen MR) is 62.8 cm³/mol. The maximum atomic E-state index is 10.5. The summed E-state index contributed by atoms with van der Waals surface area (Å²) in [6.45, 7) is -0.469. The smallest absolute Gasteiger partial charge is 0.264 e. The molecule has 5 atom stereocenters. The summed E-state index contributed by atoms with van der Waals surface area (Å²) in [4.78, 5) is 0. The van der Waals surface area contributed by atoms with E-state index in [9.17, 15) is 23.7 Å². The van der Waals surface area contributed by atoms with Crippen molar-refractivity contribution in [3.05, 3.63) is 0 Å². The number of nitrogens with one attached hydrogen (secondary N) is 1. The quantitative estimate of drug-likeness (QED) is 0.218. The molecular formula is C9H19NO8S. The lowest BCUT2D eigenvalue weighted by Gasteiger charge is -2.40. The van der Waals surface area contributed by atoms with Gasteiger partial charge in [0.05, 0.1) is 18.4 Å². The highest BCUT2D eigenvalue weighted by molar-refractivity contribution is 7.85. The first kappa shape index (κ1) is 16.7. The lowest BCUT2D eigenvalue weighted by molar-refractivity contribution is -0.254. The van der Waals surface area contributed by atoms with Crippen LogP contribution in [-0.4, -0.2) is 82.9 Å². The number of aliphatic hydroxyl groups excluding tert-OH is 4. The molecule has 19 heavy (non-hydrogen) atoms. The molecule has 9 nitrogen and oxygen atoms in total. The van der Waals surface area contributed by atoms with Crippen LogP contribution < -0.4 is 5.32 Å². The van der Waals surface area contributed by atoms with Gasteiger partial charge >= 0.3 is 0 Å². The molecule has 10 heteroatoms. The first-order valence-corrected chi connectivity index (χ1v) is 7.36. The fourth-order valence-corrected chi connectivity index (χ4v) is 2.35. The van der Waals surface area contributed by atoms with Crippen molar-refractivity contribution < 1.29 is 38.1 Å². The monoisotopic (exact) mass is 301 g/mol. The minimum atomic E-state index is -4.06. The van der Waals surface area contributed by atoms with Crippen LogP contribution in [0.25, 0.3) is 0 Å². The molecule has 0 aliphatic carbocycles. The summed E-state index contributed by atoms with van der Waals surface area (Å²) in [5.41, 5.74) is 0. The normalized spacial score (nSPS) is 36.4. The Balaban J connectivity index is 2.45. The van der Waals surface area contributed by atoms with Crippen LogP contribution in [0.4, 0.5) is 0 Å². The molecule has 1 rings (SSSR count). The van der Waals surface area contributed by atoms with Gasteiger partial charge in [-0.2, -0.15) is 8.42 Å². The fraction of sp³-hybridized carbons (Fsp3) is 1.00. The number of aliphatic hydroxyl groups is 4. The molecule has 0 aromatic carbocycles. The zero-order valence-corrected chi connectivity index (χ0v) is 10.9. The fourth-order valence-electron chi connectivity index (χ4n) is 1.84. The molecule has 0 spiro atoms. The maximum Gasteiger partial charge on any atom is 0.264 e. The zero-order chi connectivity index (χ0) is 14.6. The highest BCUT2D eigenvalue weighted by Gasteiger charge is 2.43. The topological polar surface area (TPSA) is 157 Å². The average Bonchev–Trinajstić information content (AvgIpc) is 2.31. The van der Waals surface area contributed by atoms with E-state index < -0.39 is 53.1 Å². The molecule has 5 unspecified atom stereocenters. The second kappa shape index (κ2) is 6.90. The van der Waals surface area contributed by atoms with Gasteiger partial charge in [-0.15, -0.1) is 0 Å². The molecule has 1 saturated heterocycles. The summed E-state index contributed by atoms with van der Waals surface area (Å²) in [5.74, 6) is -0.457. The van der Waals surface area contributed by atoms with Crippen LogP contribution in [0.3, 0.4) is 0 Å². The van der Waals surface area contributed by atoms with Crippen molar-refractivity contribution in [3.8, 4) is 0 Å². The van der Waals surface area contributed by atoms with Gasteiger partial charge in [0.2, 0.25) is 0 Å². The van der Waals surface area contributed by atoms with Crippen LogP contribution in [-0.2, 0) is 14.9 Å². The Bertz CT molecular complexity index is 374. The summed E-state index contributed by atoms with van der Waals surface area (Å²) in [6, 6.07) is -1.01. The lowest BCUT2D eigenvalue weighted by Crippen LogP contribution is -2.63. The van der Waals surface area contributed by atoms with Gasteiger partial charge in [0, 0.05) is 0 Å². The van der Waals surface area contributed by atoms with Crippen molar-refractivity contribution in [1.29, 1.82) is 0 Å². The van der Waals surface area contributed by atoms with Crippen LogP contribution in [0.15, 0.2) is 0 Å². The van der Waals surface area contributed by atoms with Crippen LogP contribution in [0.5, 0.6) is 0 Å². The molecule has 0 radical (unpaired) electrons. The molecule has 1 heterocycles. The average molecular weight is 301 g/mol. The van der Waals surface area contributed by atoms with Gasteiger partial charge in [0.15, 0.2) is 6.29 Å². The van der Waals surface area contributed by atoms with Crippen LogP contribution in [0, 0.1) is 0 Å². The van der Waals surface area contributed by atoms with Gasteiger partial charge in [-0.25, -0.2) is 0 Å². The number of rotatable bonds is 6. The first-order valence-electron chi connectivity index (χ1n) is 5.75. The van der Waals surface area contributed by atoms with E-state index in [4.69, 9.17) is 14.4 Å². The molecular weight excluding hydrogens is 282 g/mol. The Morgan fingerprint density at radius 2 is 1.79 bits per heavy atom. The third-order valence-corrected chi connectivity index (χ3v) is 3.66. The van der Waals surface area contributed by atoms with Crippen molar-refractivity contribution in [2.24, 2.45) is 0 Å². The first-order chi connectivity index (χ1) is 8.76. The van der Waals surface area contributed by atoms with E-state index in [0.29, 0.717) is 0 Å². The van der Waals surface area contributed by atoms with Crippen molar-refractivity contribution in [2.75, 3.05) is 18.9 Å². The molecule has 0 bridgehead atoms. The van der Waals surface area contributed by atoms with E-state index >= 15 is 0 Å². The molecule has 0 saturated carbocycles. The van der Waals surface area contributed by atoms with Crippen molar-refractivity contribution in [1.82, 2.24) is 5.32 Å². The van der Waals surface area contributed by atoms with E-state index in [2.05, 4.69) is 5.32 Å². The Labute approximate surface area is 110 Å². The zero-order valence-electron chi connectivity index (χ0n) is 10.1. The second-order valence-corrected chi connectivity index (χ2v) is 5.92. The van der Waals surface area contributed by atoms with E-state index in [0.717, 1.165) is 0 Å². The van der Waals surface area contributed by atoms with Crippen molar-refractivity contribution >= 4 is 10.1 Å².